The largest absolute Gasteiger partial charge is 0.486 e. The van der Waals surface area contributed by atoms with E-state index in [2.05, 4.69) is 15.5 Å². The molecule has 9 heteroatoms. The summed E-state index contributed by atoms with van der Waals surface area (Å²) in [6, 6.07) is 13.9. The lowest BCUT2D eigenvalue weighted by Crippen LogP contribution is -2.41. The van der Waals surface area contributed by atoms with E-state index in [1.165, 1.54) is 0 Å². The number of carbonyl (C=O) groups excluding carboxylic acids is 2. The first-order valence-corrected chi connectivity index (χ1v) is 9.47. The van der Waals surface area contributed by atoms with Crippen LogP contribution in [0.1, 0.15) is 18.4 Å². The number of benzene rings is 2. The third-order valence-corrected chi connectivity index (χ3v) is 5.18. The summed E-state index contributed by atoms with van der Waals surface area (Å²) in [5.41, 5.74) is 0.118. The maximum absolute atomic E-state index is 13.2. The van der Waals surface area contributed by atoms with Crippen LogP contribution in [0.2, 0.25) is 0 Å². The summed E-state index contributed by atoms with van der Waals surface area (Å²) in [5, 5.41) is 10.7. The molecule has 1 fully saturated rings. The van der Waals surface area contributed by atoms with Crippen molar-refractivity contribution in [2.24, 2.45) is 0 Å². The molecule has 1 atom stereocenters. The quantitative estimate of drug-likeness (QED) is 0.663. The number of amides is 3. The molecule has 0 aliphatic carbocycles. The van der Waals surface area contributed by atoms with Crippen LogP contribution in [-0.2, 0) is 16.9 Å². The van der Waals surface area contributed by atoms with Gasteiger partial charge in [-0.1, -0.05) is 24.3 Å². The van der Waals surface area contributed by atoms with Gasteiger partial charge in [0.2, 0.25) is 11.8 Å². The number of nitrogens with zero attached hydrogens (tertiary/aromatic N) is 3. The Hall–Kier alpha value is -3.88. The standard InChI is InChI=1S/C21H18N4O5/c1-21(14-7-8-15-16(11-14)29-10-9-28-15)19(26)25(20(27)22-21)12-17-23-24-18(30-17)13-5-3-2-4-6-13/h2-8,11H,9-10,12H2,1H3,(H,22,27)/t21-/m0/s1. The number of urea groups is 1. The number of fused-ring (bicyclic) bond motifs is 1. The zero-order valence-electron chi connectivity index (χ0n) is 16.1. The minimum absolute atomic E-state index is 0.120. The van der Waals surface area contributed by atoms with Crippen molar-refractivity contribution in [2.45, 2.75) is 19.0 Å². The smallest absolute Gasteiger partial charge is 0.325 e. The van der Waals surface area contributed by atoms with E-state index in [0.29, 0.717) is 36.2 Å². The summed E-state index contributed by atoms with van der Waals surface area (Å²) >= 11 is 0. The lowest BCUT2D eigenvalue weighted by Gasteiger charge is -2.25. The van der Waals surface area contributed by atoms with Crippen LogP contribution < -0.4 is 14.8 Å². The Kier molecular flexibility index (Phi) is 4.16. The van der Waals surface area contributed by atoms with Crippen molar-refractivity contribution in [1.29, 1.82) is 0 Å². The molecule has 0 unspecified atom stereocenters. The number of rotatable bonds is 4. The molecule has 152 valence electrons. The van der Waals surface area contributed by atoms with Crippen LogP contribution in [0.3, 0.4) is 0 Å². The number of carbonyl (C=O) groups is 2. The first kappa shape index (κ1) is 18.2. The van der Waals surface area contributed by atoms with E-state index in [1.807, 2.05) is 30.3 Å². The van der Waals surface area contributed by atoms with Gasteiger partial charge in [-0.25, -0.2) is 4.79 Å². The average Bonchev–Trinajstić information content (AvgIpc) is 3.33. The van der Waals surface area contributed by atoms with Crippen LogP contribution in [-0.4, -0.2) is 40.2 Å². The minimum Gasteiger partial charge on any atom is -0.486 e. The summed E-state index contributed by atoms with van der Waals surface area (Å²) in [6.45, 7) is 2.44. The predicted octanol–water partition coefficient (Wildman–Crippen LogP) is 2.47. The van der Waals surface area contributed by atoms with Crippen LogP contribution in [0.15, 0.2) is 52.9 Å². The topological polar surface area (TPSA) is 107 Å². The van der Waals surface area contributed by atoms with Crippen LogP contribution >= 0.6 is 0 Å². The number of ether oxygens (including phenoxy) is 2. The Morgan fingerprint density at radius 3 is 2.60 bits per heavy atom. The average molecular weight is 406 g/mol. The minimum atomic E-state index is -1.24. The first-order chi connectivity index (χ1) is 14.5. The predicted molar refractivity (Wildman–Crippen MR) is 104 cm³/mol. The second-order valence-electron chi connectivity index (χ2n) is 7.17. The highest BCUT2D eigenvalue weighted by Gasteiger charge is 2.49. The Balaban J connectivity index is 1.39. The Morgan fingerprint density at radius 2 is 1.80 bits per heavy atom. The lowest BCUT2D eigenvalue weighted by molar-refractivity contribution is -0.131. The van der Waals surface area contributed by atoms with E-state index in [0.717, 1.165) is 10.5 Å². The van der Waals surface area contributed by atoms with Crippen molar-refractivity contribution < 1.29 is 23.5 Å². The third kappa shape index (κ3) is 2.95. The molecule has 5 rings (SSSR count). The monoisotopic (exact) mass is 406 g/mol. The molecule has 0 saturated carbocycles. The summed E-state index contributed by atoms with van der Waals surface area (Å²) in [4.78, 5) is 26.8. The summed E-state index contributed by atoms with van der Waals surface area (Å²) in [5.74, 6) is 1.24. The van der Waals surface area contributed by atoms with Gasteiger partial charge in [0, 0.05) is 5.56 Å². The molecule has 2 aliphatic rings. The van der Waals surface area contributed by atoms with Crippen molar-refractivity contribution in [3.8, 4) is 23.0 Å². The summed E-state index contributed by atoms with van der Waals surface area (Å²) < 4.78 is 16.8. The lowest BCUT2D eigenvalue weighted by atomic mass is 9.91. The molecule has 3 amide bonds. The van der Waals surface area contributed by atoms with Crippen LogP contribution in [0.25, 0.3) is 11.5 Å². The molecule has 1 N–H and O–H groups in total. The van der Waals surface area contributed by atoms with E-state index in [4.69, 9.17) is 13.9 Å². The molecular weight excluding hydrogens is 388 g/mol. The normalized spacial score (nSPS) is 20.4. The molecule has 2 aliphatic heterocycles. The van der Waals surface area contributed by atoms with E-state index in [-0.39, 0.29) is 12.4 Å². The molecule has 0 bridgehead atoms. The summed E-state index contributed by atoms with van der Waals surface area (Å²) in [7, 11) is 0. The Morgan fingerprint density at radius 1 is 1.03 bits per heavy atom. The number of hydrogen-bond acceptors (Lipinski definition) is 7. The fourth-order valence-electron chi connectivity index (χ4n) is 3.54. The van der Waals surface area contributed by atoms with Crippen LogP contribution in [0.4, 0.5) is 4.79 Å². The number of nitrogens with one attached hydrogen (secondary N) is 1. The molecule has 2 aromatic carbocycles. The molecule has 30 heavy (non-hydrogen) atoms. The van der Waals surface area contributed by atoms with Gasteiger partial charge in [-0.05, 0) is 36.8 Å². The van der Waals surface area contributed by atoms with Crippen molar-refractivity contribution in [1.82, 2.24) is 20.4 Å². The fraction of sp³-hybridized carbons (Fsp3) is 0.238. The summed E-state index contributed by atoms with van der Waals surface area (Å²) in [6.07, 6.45) is 0. The number of hydrogen-bond donors (Lipinski definition) is 1. The van der Waals surface area contributed by atoms with Gasteiger partial charge in [-0.2, -0.15) is 0 Å². The van der Waals surface area contributed by atoms with E-state index in [1.54, 1.807) is 25.1 Å². The molecule has 0 radical (unpaired) electrons. The third-order valence-electron chi connectivity index (χ3n) is 5.18. The van der Waals surface area contributed by atoms with Gasteiger partial charge < -0.3 is 19.2 Å². The Labute approximate surface area is 171 Å². The van der Waals surface area contributed by atoms with Gasteiger partial charge in [-0.3, -0.25) is 9.69 Å². The van der Waals surface area contributed by atoms with Crippen LogP contribution in [0.5, 0.6) is 11.5 Å². The van der Waals surface area contributed by atoms with Gasteiger partial charge in [0.05, 0.1) is 0 Å². The molecule has 9 nitrogen and oxygen atoms in total. The molecule has 0 spiro atoms. The zero-order valence-corrected chi connectivity index (χ0v) is 16.1. The molecular formula is C21H18N4O5. The van der Waals surface area contributed by atoms with E-state index < -0.39 is 17.5 Å². The van der Waals surface area contributed by atoms with Gasteiger partial charge >= 0.3 is 6.03 Å². The first-order valence-electron chi connectivity index (χ1n) is 9.47. The molecule has 1 aromatic heterocycles. The fourth-order valence-corrected chi connectivity index (χ4v) is 3.54. The zero-order chi connectivity index (χ0) is 20.7. The SMILES string of the molecule is C[C@@]1(c2ccc3c(c2)OCCO3)NC(=O)N(Cc2nnc(-c3ccccc3)o2)C1=O. The highest BCUT2D eigenvalue weighted by molar-refractivity contribution is 6.07. The molecule has 3 heterocycles. The van der Waals surface area contributed by atoms with Gasteiger partial charge in [-0.15, -0.1) is 10.2 Å². The number of imide groups is 1. The maximum atomic E-state index is 13.2. The van der Waals surface area contributed by atoms with Crippen LogP contribution in [0, 0.1) is 0 Å². The van der Waals surface area contributed by atoms with Crippen molar-refractivity contribution >= 4 is 11.9 Å². The van der Waals surface area contributed by atoms with Gasteiger partial charge in [0.15, 0.2) is 11.5 Å². The Bertz CT molecular complexity index is 1130. The van der Waals surface area contributed by atoms with E-state index in [9.17, 15) is 9.59 Å². The second kappa shape index (κ2) is 6.87. The van der Waals surface area contributed by atoms with Crippen molar-refractivity contribution in [2.75, 3.05) is 13.2 Å². The van der Waals surface area contributed by atoms with Crippen molar-refractivity contribution in [3.05, 3.63) is 60.0 Å². The van der Waals surface area contributed by atoms with Gasteiger partial charge in [0.1, 0.15) is 25.3 Å². The van der Waals surface area contributed by atoms with Crippen molar-refractivity contribution in [3.63, 3.8) is 0 Å². The highest BCUT2D eigenvalue weighted by atomic mass is 16.6. The molecule has 3 aromatic rings. The highest BCUT2D eigenvalue weighted by Crippen LogP contribution is 2.37. The molecule has 1 saturated heterocycles. The number of aromatic nitrogens is 2. The second-order valence-corrected chi connectivity index (χ2v) is 7.17. The maximum Gasteiger partial charge on any atom is 0.325 e. The van der Waals surface area contributed by atoms with E-state index >= 15 is 0 Å². The van der Waals surface area contributed by atoms with Gasteiger partial charge in [0.25, 0.3) is 5.91 Å².